The van der Waals surface area contributed by atoms with Crippen molar-refractivity contribution in [3.63, 3.8) is 0 Å². The number of hydrogen-bond donors (Lipinski definition) is 1. The molecule has 1 aromatic carbocycles. The summed E-state index contributed by atoms with van der Waals surface area (Å²) in [5, 5.41) is 8.92. The molecule has 0 amide bonds. The van der Waals surface area contributed by atoms with Crippen LogP contribution in [0.5, 0.6) is 5.75 Å². The number of ether oxygens (including phenoxy) is 1. The second-order valence-corrected chi connectivity index (χ2v) is 6.27. The molecule has 7 heteroatoms. The zero-order chi connectivity index (χ0) is 15.5. The van der Waals surface area contributed by atoms with Crippen LogP contribution in [-0.2, 0) is 15.6 Å². The van der Waals surface area contributed by atoms with Gasteiger partial charge in [0.25, 0.3) is 0 Å². The van der Waals surface area contributed by atoms with Crippen LogP contribution in [0, 0.1) is 11.3 Å². The molecular weight excluding hydrogens is 290 g/mol. The molecule has 6 nitrogen and oxygen atoms in total. The van der Waals surface area contributed by atoms with Crippen LogP contribution in [-0.4, -0.2) is 20.5 Å². The van der Waals surface area contributed by atoms with Gasteiger partial charge in [0, 0.05) is 11.8 Å². The van der Waals surface area contributed by atoms with Crippen LogP contribution >= 0.6 is 0 Å². The summed E-state index contributed by atoms with van der Waals surface area (Å²) in [5.74, 6) is 0.102. The average Bonchev–Trinajstić information content (AvgIpc) is 2.47. The van der Waals surface area contributed by atoms with Crippen molar-refractivity contribution in [2.75, 3.05) is 12.8 Å². The molecule has 0 aliphatic rings. The zero-order valence-corrected chi connectivity index (χ0v) is 12.1. The molecule has 0 fully saturated rings. The summed E-state index contributed by atoms with van der Waals surface area (Å²) in [6.45, 7) is 0. The smallest absolute Gasteiger partial charge is 0.184 e. The fraction of sp³-hybridized carbons (Fsp3) is 0.143. The van der Waals surface area contributed by atoms with Gasteiger partial charge in [-0.05, 0) is 24.3 Å². The van der Waals surface area contributed by atoms with Gasteiger partial charge in [0.1, 0.15) is 5.75 Å². The Kier molecular flexibility index (Phi) is 4.10. The van der Waals surface area contributed by atoms with Crippen molar-refractivity contribution < 1.29 is 13.2 Å². The predicted molar refractivity (Wildman–Crippen MR) is 77.2 cm³/mol. The minimum atomic E-state index is -3.66. The first kappa shape index (κ1) is 14.8. The molecule has 0 radical (unpaired) electrons. The molecule has 1 heterocycles. The maximum atomic E-state index is 12.4. The molecule has 0 bridgehead atoms. The van der Waals surface area contributed by atoms with Gasteiger partial charge in [-0.15, -0.1) is 0 Å². The number of nitrogens with two attached hydrogens (primary N) is 1. The quantitative estimate of drug-likeness (QED) is 0.917. The van der Waals surface area contributed by atoms with E-state index in [9.17, 15) is 8.42 Å². The number of pyridine rings is 1. The highest BCUT2D eigenvalue weighted by Gasteiger charge is 2.20. The van der Waals surface area contributed by atoms with Crippen LogP contribution in [0.25, 0.3) is 0 Å². The van der Waals surface area contributed by atoms with E-state index in [1.807, 2.05) is 6.07 Å². The number of hydrogen-bond acceptors (Lipinski definition) is 6. The number of nitrogen functional groups attached to an aromatic ring is 1. The predicted octanol–water partition coefficient (Wildman–Crippen LogP) is 1.52. The van der Waals surface area contributed by atoms with Gasteiger partial charge in [-0.3, -0.25) is 4.98 Å². The number of benzene rings is 1. The van der Waals surface area contributed by atoms with Gasteiger partial charge in [-0.2, -0.15) is 5.26 Å². The number of anilines is 1. The number of sulfone groups is 1. The molecular formula is C14H13N3O3S. The third-order valence-corrected chi connectivity index (χ3v) is 4.63. The monoisotopic (exact) mass is 303 g/mol. The van der Waals surface area contributed by atoms with Gasteiger partial charge >= 0.3 is 0 Å². The lowest BCUT2D eigenvalue weighted by Gasteiger charge is -2.10. The Morgan fingerprint density at radius 2 is 2.14 bits per heavy atom. The van der Waals surface area contributed by atoms with Crippen LogP contribution < -0.4 is 10.5 Å². The summed E-state index contributed by atoms with van der Waals surface area (Å²) in [4.78, 5) is 3.79. The number of rotatable bonds is 4. The fourth-order valence-electron chi connectivity index (χ4n) is 1.92. The van der Waals surface area contributed by atoms with E-state index in [1.54, 1.807) is 12.1 Å². The van der Waals surface area contributed by atoms with Crippen molar-refractivity contribution in [2.45, 2.75) is 10.6 Å². The fourth-order valence-corrected chi connectivity index (χ4v) is 3.39. The normalized spacial score (nSPS) is 10.9. The minimum absolute atomic E-state index is 0.0157. The Labute approximate surface area is 122 Å². The van der Waals surface area contributed by atoms with E-state index < -0.39 is 9.84 Å². The van der Waals surface area contributed by atoms with Gasteiger partial charge in [0.15, 0.2) is 9.84 Å². The van der Waals surface area contributed by atoms with Crippen LogP contribution in [0.4, 0.5) is 5.69 Å². The first-order valence-electron chi connectivity index (χ1n) is 5.97. The van der Waals surface area contributed by atoms with Crippen LogP contribution in [0.3, 0.4) is 0 Å². The average molecular weight is 303 g/mol. The standard InChI is InChI=1S/C14H13N3O3S/c1-20-13-3-2-10(7-15)6-11(13)9-21(18,19)14-4-5-17-8-12(14)16/h2-6,8H,9,16H2,1H3. The molecule has 2 rings (SSSR count). The molecule has 0 aliphatic carbocycles. The lowest BCUT2D eigenvalue weighted by molar-refractivity contribution is 0.411. The molecule has 2 N–H and O–H groups in total. The maximum Gasteiger partial charge on any atom is 0.184 e. The van der Waals surface area contributed by atoms with Crippen LogP contribution in [0.1, 0.15) is 11.1 Å². The third kappa shape index (κ3) is 3.12. The van der Waals surface area contributed by atoms with Crippen LogP contribution in [0.15, 0.2) is 41.6 Å². The number of nitrogens with zero attached hydrogens (tertiary/aromatic N) is 2. The summed E-state index contributed by atoms with van der Waals surface area (Å²) < 4.78 is 30.0. The van der Waals surface area contributed by atoms with Crippen LogP contribution in [0.2, 0.25) is 0 Å². The number of methoxy groups -OCH3 is 1. The number of aromatic nitrogens is 1. The van der Waals surface area contributed by atoms with E-state index in [1.165, 1.54) is 31.6 Å². The molecule has 2 aromatic rings. The van der Waals surface area contributed by atoms with Crippen molar-refractivity contribution in [1.82, 2.24) is 4.98 Å². The van der Waals surface area contributed by atoms with Gasteiger partial charge in [0.2, 0.25) is 0 Å². The molecule has 0 saturated carbocycles. The van der Waals surface area contributed by atoms with Crippen molar-refractivity contribution in [2.24, 2.45) is 0 Å². The summed E-state index contributed by atoms with van der Waals surface area (Å²) >= 11 is 0. The lowest BCUT2D eigenvalue weighted by atomic mass is 10.1. The highest BCUT2D eigenvalue weighted by molar-refractivity contribution is 7.90. The molecule has 0 atom stereocenters. The molecule has 0 aliphatic heterocycles. The van der Waals surface area contributed by atoms with Gasteiger partial charge in [0.05, 0.1) is 41.3 Å². The highest BCUT2D eigenvalue weighted by atomic mass is 32.2. The van der Waals surface area contributed by atoms with E-state index in [-0.39, 0.29) is 16.3 Å². The van der Waals surface area contributed by atoms with E-state index in [0.717, 1.165) is 0 Å². The Hall–Kier alpha value is -2.59. The highest BCUT2D eigenvalue weighted by Crippen LogP contribution is 2.27. The van der Waals surface area contributed by atoms with E-state index in [4.69, 9.17) is 15.7 Å². The van der Waals surface area contributed by atoms with Gasteiger partial charge in [-0.25, -0.2) is 8.42 Å². The second-order valence-electron chi connectivity index (χ2n) is 4.31. The minimum Gasteiger partial charge on any atom is -0.496 e. The van der Waals surface area contributed by atoms with Crippen molar-refractivity contribution in [3.8, 4) is 11.8 Å². The third-order valence-electron chi connectivity index (χ3n) is 2.90. The van der Waals surface area contributed by atoms with Gasteiger partial charge < -0.3 is 10.5 Å². The second kappa shape index (κ2) is 5.81. The molecule has 0 saturated heterocycles. The molecule has 1 aromatic heterocycles. The molecule has 21 heavy (non-hydrogen) atoms. The van der Waals surface area contributed by atoms with Crippen molar-refractivity contribution in [3.05, 3.63) is 47.8 Å². The first-order chi connectivity index (χ1) is 9.97. The summed E-state index contributed by atoms with van der Waals surface area (Å²) in [6, 6.07) is 7.95. The topological polar surface area (TPSA) is 106 Å². The summed E-state index contributed by atoms with van der Waals surface area (Å²) in [5.41, 5.74) is 6.53. The largest absolute Gasteiger partial charge is 0.496 e. The zero-order valence-electron chi connectivity index (χ0n) is 11.3. The summed E-state index contributed by atoms with van der Waals surface area (Å²) in [6.07, 6.45) is 2.65. The lowest BCUT2D eigenvalue weighted by Crippen LogP contribution is -2.09. The molecule has 0 unspecified atom stereocenters. The van der Waals surface area contributed by atoms with Crippen molar-refractivity contribution in [1.29, 1.82) is 5.26 Å². The van der Waals surface area contributed by atoms with E-state index in [0.29, 0.717) is 16.9 Å². The maximum absolute atomic E-state index is 12.4. The Bertz CT molecular complexity index is 810. The van der Waals surface area contributed by atoms with Crippen molar-refractivity contribution >= 4 is 15.5 Å². The summed E-state index contributed by atoms with van der Waals surface area (Å²) in [7, 11) is -2.21. The Balaban J connectivity index is 2.46. The van der Waals surface area contributed by atoms with E-state index in [2.05, 4.69) is 4.98 Å². The Morgan fingerprint density at radius 3 is 2.76 bits per heavy atom. The molecule has 0 spiro atoms. The first-order valence-corrected chi connectivity index (χ1v) is 7.62. The van der Waals surface area contributed by atoms with E-state index >= 15 is 0 Å². The van der Waals surface area contributed by atoms with Gasteiger partial charge in [-0.1, -0.05) is 0 Å². The number of nitriles is 1. The SMILES string of the molecule is COc1ccc(C#N)cc1CS(=O)(=O)c1ccncc1N. The molecule has 108 valence electrons. The Morgan fingerprint density at radius 1 is 1.38 bits per heavy atom.